The first kappa shape index (κ1) is 15.5. The van der Waals surface area contributed by atoms with Crippen LogP contribution in [0, 0.1) is 6.92 Å². The molecule has 0 saturated carbocycles. The third-order valence-corrected chi connectivity index (χ3v) is 3.75. The number of hydrogen-bond donors (Lipinski definition) is 0. The zero-order valence-corrected chi connectivity index (χ0v) is 13.6. The Kier molecular flexibility index (Phi) is 4.04. The molecule has 2 rings (SSSR count). The van der Waals surface area contributed by atoms with Gasteiger partial charge in [-0.25, -0.2) is 9.78 Å². The van der Waals surface area contributed by atoms with E-state index >= 15 is 0 Å². The number of aryl methyl sites for hydroxylation is 1. The molecule has 7 heteroatoms. The Morgan fingerprint density at radius 2 is 2.19 bits per heavy atom. The summed E-state index contributed by atoms with van der Waals surface area (Å²) < 4.78 is 7.15. The predicted octanol–water partition coefficient (Wildman–Crippen LogP) is 2.81. The van der Waals surface area contributed by atoms with Gasteiger partial charge in [0.25, 0.3) is 0 Å². The van der Waals surface area contributed by atoms with E-state index in [4.69, 9.17) is 4.74 Å². The minimum atomic E-state index is -0.732. The van der Waals surface area contributed by atoms with Crippen LogP contribution < -0.4 is 0 Å². The fourth-order valence-corrected chi connectivity index (χ4v) is 2.82. The van der Waals surface area contributed by atoms with Crippen molar-refractivity contribution < 1.29 is 14.3 Å². The second-order valence-electron chi connectivity index (χ2n) is 5.81. The van der Waals surface area contributed by atoms with E-state index in [0.717, 1.165) is 16.9 Å². The lowest BCUT2D eigenvalue weighted by Crippen LogP contribution is -2.37. The highest BCUT2D eigenvalue weighted by Gasteiger charge is 2.29. The topological polar surface area (TPSA) is 63.9 Å². The highest BCUT2D eigenvalue weighted by atomic mass is 32.1. The summed E-state index contributed by atoms with van der Waals surface area (Å²) in [5.74, 6) is 0. The van der Waals surface area contributed by atoms with E-state index in [-0.39, 0.29) is 0 Å². The lowest BCUT2D eigenvalue weighted by molar-refractivity contribution is -0.112. The summed E-state index contributed by atoms with van der Waals surface area (Å²) in [7, 11) is 1.55. The maximum absolute atomic E-state index is 12.2. The van der Waals surface area contributed by atoms with Gasteiger partial charge >= 0.3 is 6.09 Å². The third kappa shape index (κ3) is 3.07. The lowest BCUT2D eigenvalue weighted by Gasteiger charge is -2.28. The van der Waals surface area contributed by atoms with Gasteiger partial charge < -0.3 is 9.53 Å². The number of aromatic nitrogens is 2. The van der Waals surface area contributed by atoms with Crippen LogP contribution in [0.3, 0.4) is 0 Å². The number of hydrogen-bond acceptors (Lipinski definition) is 5. The van der Waals surface area contributed by atoms with Crippen molar-refractivity contribution in [3.05, 3.63) is 23.0 Å². The van der Waals surface area contributed by atoms with Crippen molar-refractivity contribution in [1.82, 2.24) is 14.3 Å². The molecule has 1 amide bonds. The Morgan fingerprint density at radius 1 is 1.52 bits per heavy atom. The van der Waals surface area contributed by atoms with Crippen LogP contribution in [0.25, 0.3) is 4.96 Å². The highest BCUT2D eigenvalue weighted by molar-refractivity contribution is 7.15. The Balaban J connectivity index is 2.35. The molecule has 0 fully saturated rings. The van der Waals surface area contributed by atoms with Crippen molar-refractivity contribution in [2.45, 2.75) is 39.3 Å². The number of thiazole rings is 1. The van der Waals surface area contributed by atoms with Gasteiger partial charge in [-0.3, -0.25) is 9.30 Å². The standard InChI is InChI=1S/C14H19N3O3S/c1-9-11(17-6-7-21-12(17)15-9)10(8-18)16(5)13(19)20-14(2,3)4/h6-8,10H,1-5H3. The van der Waals surface area contributed by atoms with Crippen molar-refractivity contribution in [3.63, 3.8) is 0 Å². The average molecular weight is 309 g/mol. The highest BCUT2D eigenvalue weighted by Crippen LogP contribution is 2.26. The zero-order valence-electron chi connectivity index (χ0n) is 12.8. The minimum Gasteiger partial charge on any atom is -0.444 e. The molecule has 6 nitrogen and oxygen atoms in total. The van der Waals surface area contributed by atoms with Gasteiger partial charge in [0, 0.05) is 18.6 Å². The van der Waals surface area contributed by atoms with Crippen molar-refractivity contribution in [3.8, 4) is 0 Å². The van der Waals surface area contributed by atoms with E-state index in [2.05, 4.69) is 4.98 Å². The van der Waals surface area contributed by atoms with Gasteiger partial charge in [-0.2, -0.15) is 0 Å². The molecular formula is C14H19N3O3S. The van der Waals surface area contributed by atoms with Gasteiger partial charge in [0.15, 0.2) is 4.96 Å². The molecule has 0 radical (unpaired) electrons. The number of carbonyl (C=O) groups excluding carboxylic acids is 2. The molecule has 2 heterocycles. The number of ether oxygens (including phenoxy) is 1. The number of rotatable bonds is 3. The lowest BCUT2D eigenvalue weighted by atomic mass is 10.1. The van der Waals surface area contributed by atoms with Crippen LogP contribution in [-0.4, -0.2) is 39.3 Å². The first-order chi connectivity index (χ1) is 9.74. The van der Waals surface area contributed by atoms with Crippen LogP contribution in [0.2, 0.25) is 0 Å². The molecule has 0 aliphatic heterocycles. The zero-order chi connectivity index (χ0) is 15.8. The normalized spacial score (nSPS) is 13.2. The molecule has 114 valence electrons. The van der Waals surface area contributed by atoms with Crippen molar-refractivity contribution in [2.24, 2.45) is 0 Å². The first-order valence-electron chi connectivity index (χ1n) is 6.57. The van der Waals surface area contributed by atoms with Gasteiger partial charge in [0.2, 0.25) is 0 Å². The monoisotopic (exact) mass is 309 g/mol. The van der Waals surface area contributed by atoms with Crippen molar-refractivity contribution in [2.75, 3.05) is 7.05 Å². The third-order valence-electron chi connectivity index (χ3n) is 2.99. The molecule has 2 aromatic rings. The number of imidazole rings is 1. The Hall–Kier alpha value is -1.89. The number of aldehydes is 1. The first-order valence-corrected chi connectivity index (χ1v) is 7.45. The van der Waals surface area contributed by atoms with Gasteiger partial charge in [-0.1, -0.05) is 0 Å². The van der Waals surface area contributed by atoms with Crippen molar-refractivity contribution >= 4 is 28.7 Å². The van der Waals surface area contributed by atoms with E-state index in [9.17, 15) is 9.59 Å². The summed E-state index contributed by atoms with van der Waals surface area (Å²) in [5, 5.41) is 1.89. The molecule has 0 aliphatic carbocycles. The number of carbonyl (C=O) groups is 2. The number of nitrogens with zero attached hydrogens (tertiary/aromatic N) is 3. The maximum atomic E-state index is 12.2. The molecule has 0 bridgehead atoms. The summed E-state index contributed by atoms with van der Waals surface area (Å²) in [6, 6.07) is -0.732. The SMILES string of the molecule is Cc1nc2sccn2c1C(C=O)N(C)C(=O)OC(C)(C)C. The molecular weight excluding hydrogens is 290 g/mol. The van der Waals surface area contributed by atoms with Gasteiger partial charge in [0.05, 0.1) is 11.4 Å². The van der Waals surface area contributed by atoms with E-state index in [1.165, 1.54) is 16.2 Å². The predicted molar refractivity (Wildman–Crippen MR) is 80.6 cm³/mol. The largest absolute Gasteiger partial charge is 0.444 e. The Labute approximate surface area is 127 Å². The summed E-state index contributed by atoms with van der Waals surface area (Å²) >= 11 is 1.48. The Morgan fingerprint density at radius 3 is 2.76 bits per heavy atom. The van der Waals surface area contributed by atoms with Gasteiger partial charge in [-0.15, -0.1) is 11.3 Å². The summed E-state index contributed by atoms with van der Waals surface area (Å²) in [6.07, 6.45) is 2.04. The molecule has 1 atom stereocenters. The fourth-order valence-electron chi connectivity index (χ4n) is 2.05. The summed E-state index contributed by atoms with van der Waals surface area (Å²) in [6.45, 7) is 7.19. The van der Waals surface area contributed by atoms with Crippen LogP contribution in [0.4, 0.5) is 4.79 Å². The van der Waals surface area contributed by atoms with Crippen LogP contribution in [-0.2, 0) is 9.53 Å². The fraction of sp³-hybridized carbons (Fsp3) is 0.500. The average Bonchev–Trinajstić information content (AvgIpc) is 2.90. The second-order valence-corrected chi connectivity index (χ2v) is 6.68. The van der Waals surface area contributed by atoms with Crippen molar-refractivity contribution in [1.29, 1.82) is 0 Å². The Bertz CT molecular complexity index is 669. The number of amides is 1. The molecule has 0 aromatic carbocycles. The van der Waals surface area contributed by atoms with E-state index in [0.29, 0.717) is 5.69 Å². The number of fused-ring (bicyclic) bond motifs is 1. The maximum Gasteiger partial charge on any atom is 0.410 e. The molecule has 2 aromatic heterocycles. The van der Waals surface area contributed by atoms with E-state index in [1.807, 2.05) is 22.9 Å². The molecule has 0 aliphatic rings. The van der Waals surface area contributed by atoms with Gasteiger partial charge in [-0.05, 0) is 27.7 Å². The molecule has 1 unspecified atom stereocenters. The molecule has 21 heavy (non-hydrogen) atoms. The molecule has 0 saturated heterocycles. The summed E-state index contributed by atoms with van der Waals surface area (Å²) in [5.41, 5.74) is 0.812. The quantitative estimate of drug-likeness (QED) is 0.818. The van der Waals surface area contributed by atoms with E-state index < -0.39 is 17.7 Å². The minimum absolute atomic E-state index is 0.538. The second kappa shape index (κ2) is 5.48. The van der Waals surface area contributed by atoms with Gasteiger partial charge in [0.1, 0.15) is 17.9 Å². The number of likely N-dealkylation sites (N-methyl/N-ethyl adjacent to an activating group) is 1. The van der Waals surface area contributed by atoms with Crippen LogP contribution in [0.5, 0.6) is 0 Å². The summed E-state index contributed by atoms with van der Waals surface area (Å²) in [4.78, 5) is 30.2. The van der Waals surface area contributed by atoms with E-state index in [1.54, 1.807) is 27.8 Å². The van der Waals surface area contributed by atoms with Crippen LogP contribution in [0.1, 0.15) is 38.2 Å². The molecule has 0 N–H and O–H groups in total. The smallest absolute Gasteiger partial charge is 0.410 e. The van der Waals surface area contributed by atoms with Crippen LogP contribution >= 0.6 is 11.3 Å². The van der Waals surface area contributed by atoms with Crippen LogP contribution in [0.15, 0.2) is 11.6 Å². The molecule has 0 spiro atoms.